The quantitative estimate of drug-likeness (QED) is 0.439. The minimum Gasteiger partial charge on any atom is -0.356 e. The van der Waals surface area contributed by atoms with Crippen molar-refractivity contribution in [3.8, 4) is 16.8 Å². The summed E-state index contributed by atoms with van der Waals surface area (Å²) in [5.41, 5.74) is 4.07. The van der Waals surface area contributed by atoms with E-state index in [1.165, 1.54) is 0 Å². The van der Waals surface area contributed by atoms with Crippen LogP contribution < -0.4 is 4.90 Å². The Hall–Kier alpha value is -2.93. The Bertz CT molecular complexity index is 1260. The summed E-state index contributed by atoms with van der Waals surface area (Å²) in [6.45, 7) is 3.00. The van der Waals surface area contributed by atoms with E-state index in [0.717, 1.165) is 59.6 Å². The number of halogens is 1. The van der Waals surface area contributed by atoms with Crippen molar-refractivity contribution in [2.24, 2.45) is 0 Å². The highest BCUT2D eigenvalue weighted by molar-refractivity contribution is 6.30. The van der Waals surface area contributed by atoms with Gasteiger partial charge >= 0.3 is 0 Å². The van der Waals surface area contributed by atoms with Gasteiger partial charge in [-0.15, -0.1) is 0 Å². The second-order valence-corrected chi connectivity index (χ2v) is 8.69. The molecule has 0 saturated carbocycles. The Labute approximate surface area is 191 Å². The van der Waals surface area contributed by atoms with E-state index in [4.69, 9.17) is 31.0 Å². The third-order valence-electron chi connectivity index (χ3n) is 6.37. The van der Waals surface area contributed by atoms with Crippen LogP contribution in [0, 0.1) is 0 Å². The normalized spacial score (nSPS) is 18.0. The molecule has 4 aromatic rings. The van der Waals surface area contributed by atoms with Crippen LogP contribution in [0.2, 0.25) is 5.02 Å². The van der Waals surface area contributed by atoms with Gasteiger partial charge in [0.05, 0.1) is 18.6 Å². The van der Waals surface area contributed by atoms with Gasteiger partial charge in [-0.2, -0.15) is 0 Å². The summed E-state index contributed by atoms with van der Waals surface area (Å²) in [5.74, 6) is 0.528. The maximum atomic E-state index is 6.30. The van der Waals surface area contributed by atoms with Crippen molar-refractivity contribution < 1.29 is 9.47 Å². The summed E-state index contributed by atoms with van der Waals surface area (Å²) in [7, 11) is 0. The average Bonchev–Trinajstić information content (AvgIpc) is 3.45. The van der Waals surface area contributed by atoms with E-state index in [1.54, 1.807) is 6.33 Å². The van der Waals surface area contributed by atoms with Crippen LogP contribution in [0.5, 0.6) is 0 Å². The lowest BCUT2D eigenvalue weighted by Crippen LogP contribution is -2.45. The van der Waals surface area contributed by atoms with Gasteiger partial charge in [-0.05, 0) is 23.8 Å². The minimum atomic E-state index is -0.419. The first-order chi connectivity index (χ1) is 15.7. The fourth-order valence-corrected chi connectivity index (χ4v) is 4.97. The number of hydrogen-bond donors (Lipinski definition) is 0. The first-order valence-electron chi connectivity index (χ1n) is 10.9. The molecule has 1 spiro atoms. The largest absolute Gasteiger partial charge is 0.356 e. The maximum Gasteiger partial charge on any atom is 0.171 e. The molecule has 2 aromatic carbocycles. The monoisotopic (exact) mass is 446 g/mol. The number of benzene rings is 2. The van der Waals surface area contributed by atoms with E-state index in [-0.39, 0.29) is 0 Å². The van der Waals surface area contributed by atoms with Gasteiger partial charge in [0.2, 0.25) is 0 Å². The smallest absolute Gasteiger partial charge is 0.171 e. The van der Waals surface area contributed by atoms with Gasteiger partial charge in [-0.25, -0.2) is 9.97 Å². The number of rotatable bonds is 3. The lowest BCUT2D eigenvalue weighted by molar-refractivity contribution is -0.169. The van der Waals surface area contributed by atoms with Gasteiger partial charge in [0.1, 0.15) is 12.1 Å². The molecule has 2 saturated heterocycles. The Balaban J connectivity index is 1.49. The third kappa shape index (κ3) is 3.35. The number of hydrogen-bond acceptors (Lipinski definition) is 5. The van der Waals surface area contributed by atoms with Crippen LogP contribution >= 0.6 is 11.6 Å². The Morgan fingerprint density at radius 1 is 0.906 bits per heavy atom. The molecule has 2 aromatic heterocycles. The predicted molar refractivity (Wildman–Crippen MR) is 125 cm³/mol. The lowest BCUT2D eigenvalue weighted by atomic mass is 10.0. The zero-order valence-corrected chi connectivity index (χ0v) is 18.3. The molecule has 0 unspecified atom stereocenters. The van der Waals surface area contributed by atoms with Gasteiger partial charge in [-0.3, -0.25) is 0 Å². The molecule has 0 amide bonds. The van der Waals surface area contributed by atoms with Crippen LogP contribution in [-0.4, -0.2) is 46.6 Å². The van der Waals surface area contributed by atoms with E-state index in [0.29, 0.717) is 18.2 Å². The number of ether oxygens (including phenoxy) is 2. The van der Waals surface area contributed by atoms with Crippen LogP contribution in [0.25, 0.3) is 27.8 Å². The van der Waals surface area contributed by atoms with Gasteiger partial charge in [0.25, 0.3) is 0 Å². The Morgan fingerprint density at radius 2 is 1.69 bits per heavy atom. The molecule has 162 valence electrons. The van der Waals surface area contributed by atoms with Crippen LogP contribution in [-0.2, 0) is 9.47 Å². The molecular formula is C25H23ClN4O2. The highest BCUT2D eigenvalue weighted by Gasteiger charge is 2.40. The van der Waals surface area contributed by atoms with Crippen molar-refractivity contribution in [3.05, 3.63) is 72.1 Å². The molecule has 32 heavy (non-hydrogen) atoms. The number of nitrogens with zero attached hydrogens (tertiary/aromatic N) is 4. The number of piperidine rings is 1. The first kappa shape index (κ1) is 19.7. The Morgan fingerprint density at radius 3 is 2.44 bits per heavy atom. The molecule has 0 bridgehead atoms. The molecule has 7 heteroatoms. The lowest BCUT2D eigenvalue weighted by Gasteiger charge is -2.38. The van der Waals surface area contributed by atoms with Crippen LogP contribution in [0.1, 0.15) is 12.8 Å². The van der Waals surface area contributed by atoms with Crippen molar-refractivity contribution in [3.63, 3.8) is 0 Å². The van der Waals surface area contributed by atoms with Crippen molar-refractivity contribution in [2.45, 2.75) is 18.6 Å². The molecule has 0 N–H and O–H groups in total. The summed E-state index contributed by atoms with van der Waals surface area (Å²) in [6, 6.07) is 18.2. The van der Waals surface area contributed by atoms with Crippen molar-refractivity contribution >= 4 is 28.5 Å². The van der Waals surface area contributed by atoms with Crippen molar-refractivity contribution in [1.29, 1.82) is 0 Å². The van der Waals surface area contributed by atoms with Gasteiger partial charge < -0.3 is 18.9 Å². The van der Waals surface area contributed by atoms with Crippen LogP contribution in [0.3, 0.4) is 0 Å². The molecule has 4 heterocycles. The topological polar surface area (TPSA) is 52.4 Å². The Kier molecular flexibility index (Phi) is 4.86. The average molecular weight is 447 g/mol. The molecule has 0 radical (unpaired) electrons. The summed E-state index contributed by atoms with van der Waals surface area (Å²) < 4.78 is 13.9. The summed E-state index contributed by atoms with van der Waals surface area (Å²) in [4.78, 5) is 11.8. The van der Waals surface area contributed by atoms with Gasteiger partial charge in [0, 0.05) is 48.4 Å². The van der Waals surface area contributed by atoms with Crippen molar-refractivity contribution in [2.75, 3.05) is 31.2 Å². The summed E-state index contributed by atoms with van der Waals surface area (Å²) in [6.07, 6.45) is 5.45. The van der Waals surface area contributed by atoms with Gasteiger partial charge in [-0.1, -0.05) is 48.0 Å². The van der Waals surface area contributed by atoms with E-state index in [1.807, 2.05) is 30.3 Å². The number of aromatic nitrogens is 3. The number of fused-ring (bicyclic) bond motifs is 1. The maximum absolute atomic E-state index is 6.30. The standard InChI is InChI=1S/C25H23ClN4O2/c26-19-7-4-8-20(15-19)30-16-21(18-5-2-1-3-6-18)22-23(27-17-28-24(22)30)29-11-9-25(10-12-29)31-13-14-32-25/h1-8,15-17H,9-14H2. The second kappa shape index (κ2) is 7.89. The second-order valence-electron chi connectivity index (χ2n) is 8.25. The predicted octanol–water partition coefficient (Wildman–Crippen LogP) is 5.08. The SMILES string of the molecule is Clc1cccc(-n2cc(-c3ccccc3)c3c(N4CCC5(CC4)OCCO5)ncnc32)c1. The zero-order valence-electron chi connectivity index (χ0n) is 17.6. The zero-order chi connectivity index (χ0) is 21.5. The first-order valence-corrected chi connectivity index (χ1v) is 11.3. The number of anilines is 1. The fraction of sp³-hybridized carbons (Fsp3) is 0.280. The molecule has 6 rings (SSSR count). The fourth-order valence-electron chi connectivity index (χ4n) is 4.79. The van der Waals surface area contributed by atoms with Gasteiger partial charge in [0.15, 0.2) is 11.4 Å². The summed E-state index contributed by atoms with van der Waals surface area (Å²) >= 11 is 6.30. The van der Waals surface area contributed by atoms with E-state index < -0.39 is 5.79 Å². The molecule has 2 aliphatic heterocycles. The molecular weight excluding hydrogens is 424 g/mol. The van der Waals surface area contributed by atoms with E-state index >= 15 is 0 Å². The minimum absolute atomic E-state index is 0.419. The highest BCUT2D eigenvalue weighted by Crippen LogP contribution is 2.39. The van der Waals surface area contributed by atoms with Crippen LogP contribution in [0.4, 0.5) is 5.82 Å². The van der Waals surface area contributed by atoms with Crippen molar-refractivity contribution in [1.82, 2.24) is 14.5 Å². The molecule has 0 aliphatic carbocycles. The van der Waals surface area contributed by atoms with E-state index in [9.17, 15) is 0 Å². The molecule has 0 atom stereocenters. The third-order valence-corrected chi connectivity index (χ3v) is 6.61. The molecule has 6 nitrogen and oxygen atoms in total. The highest BCUT2D eigenvalue weighted by atomic mass is 35.5. The van der Waals surface area contributed by atoms with E-state index in [2.05, 4.69) is 39.9 Å². The van der Waals surface area contributed by atoms with Crippen LogP contribution in [0.15, 0.2) is 67.1 Å². The molecule has 2 aliphatic rings. The summed E-state index contributed by atoms with van der Waals surface area (Å²) in [5, 5.41) is 1.74. The molecule has 2 fully saturated rings.